The van der Waals surface area contributed by atoms with Crippen LogP contribution in [0.1, 0.15) is 32.1 Å². The van der Waals surface area contributed by atoms with Gasteiger partial charge in [0, 0.05) is 33.2 Å². The normalized spacial score (nSPS) is 21.1. The standard InChI is InChI=1S/C12H23NO3/c1-16-10-11-5-4-7-13(9-11)12(15)6-2-3-8-14/h11,14H,2-10H2,1H3. The van der Waals surface area contributed by atoms with Crippen LogP contribution in [-0.2, 0) is 9.53 Å². The smallest absolute Gasteiger partial charge is 0.222 e. The molecule has 1 rings (SSSR count). The minimum atomic E-state index is 0.180. The monoisotopic (exact) mass is 229 g/mol. The van der Waals surface area contributed by atoms with E-state index < -0.39 is 0 Å². The molecule has 94 valence electrons. The molecule has 1 unspecified atom stereocenters. The number of aliphatic hydroxyl groups is 1. The molecule has 1 atom stereocenters. The van der Waals surface area contributed by atoms with Crippen molar-refractivity contribution in [3.05, 3.63) is 0 Å². The minimum absolute atomic E-state index is 0.180. The number of carbonyl (C=O) groups is 1. The first-order chi connectivity index (χ1) is 7.77. The number of likely N-dealkylation sites (tertiary alicyclic amines) is 1. The minimum Gasteiger partial charge on any atom is -0.396 e. The van der Waals surface area contributed by atoms with Crippen LogP contribution in [0.25, 0.3) is 0 Å². The fourth-order valence-corrected chi connectivity index (χ4v) is 2.21. The van der Waals surface area contributed by atoms with Crippen molar-refractivity contribution >= 4 is 5.91 Å². The van der Waals surface area contributed by atoms with Gasteiger partial charge in [0.15, 0.2) is 0 Å². The van der Waals surface area contributed by atoms with E-state index >= 15 is 0 Å². The van der Waals surface area contributed by atoms with E-state index in [0.717, 1.165) is 45.4 Å². The number of carbonyl (C=O) groups excluding carboxylic acids is 1. The molecule has 0 saturated carbocycles. The average molecular weight is 229 g/mol. The summed E-state index contributed by atoms with van der Waals surface area (Å²) in [5.41, 5.74) is 0. The number of amides is 1. The number of unbranched alkanes of at least 4 members (excludes halogenated alkanes) is 1. The number of piperidine rings is 1. The highest BCUT2D eigenvalue weighted by molar-refractivity contribution is 5.76. The maximum atomic E-state index is 11.8. The lowest BCUT2D eigenvalue weighted by molar-refractivity contribution is -0.133. The molecule has 0 aromatic heterocycles. The van der Waals surface area contributed by atoms with Crippen LogP contribution in [0.2, 0.25) is 0 Å². The van der Waals surface area contributed by atoms with Crippen LogP contribution in [0, 0.1) is 5.92 Å². The van der Waals surface area contributed by atoms with Crippen molar-refractivity contribution in [1.29, 1.82) is 0 Å². The van der Waals surface area contributed by atoms with E-state index in [1.165, 1.54) is 0 Å². The number of ether oxygens (including phenoxy) is 1. The molecule has 1 heterocycles. The Balaban J connectivity index is 2.26. The second-order valence-corrected chi connectivity index (χ2v) is 4.48. The molecule has 0 bridgehead atoms. The van der Waals surface area contributed by atoms with E-state index in [0.29, 0.717) is 12.3 Å². The number of hydrogen-bond acceptors (Lipinski definition) is 3. The van der Waals surface area contributed by atoms with Gasteiger partial charge in [-0.25, -0.2) is 0 Å². The second kappa shape index (κ2) is 7.63. The summed E-state index contributed by atoms with van der Waals surface area (Å²) in [5.74, 6) is 0.731. The summed E-state index contributed by atoms with van der Waals surface area (Å²) in [5, 5.41) is 8.66. The van der Waals surface area contributed by atoms with Crippen LogP contribution in [0.3, 0.4) is 0 Å². The van der Waals surface area contributed by atoms with Gasteiger partial charge in [-0.05, 0) is 31.6 Å². The lowest BCUT2D eigenvalue weighted by atomic mass is 9.98. The molecule has 1 aliphatic rings. The Bertz CT molecular complexity index is 206. The van der Waals surface area contributed by atoms with E-state index in [1.54, 1.807) is 7.11 Å². The van der Waals surface area contributed by atoms with Gasteiger partial charge < -0.3 is 14.7 Å². The zero-order valence-electron chi connectivity index (χ0n) is 10.2. The third-order valence-corrected chi connectivity index (χ3v) is 3.07. The van der Waals surface area contributed by atoms with Crippen molar-refractivity contribution in [2.75, 3.05) is 33.4 Å². The molecule has 1 fully saturated rings. The first-order valence-electron chi connectivity index (χ1n) is 6.15. The zero-order valence-corrected chi connectivity index (χ0v) is 10.2. The summed E-state index contributed by atoms with van der Waals surface area (Å²) in [6.07, 6.45) is 4.33. The average Bonchev–Trinajstić information content (AvgIpc) is 2.30. The van der Waals surface area contributed by atoms with Crippen molar-refractivity contribution < 1.29 is 14.6 Å². The molecular formula is C12H23NO3. The van der Waals surface area contributed by atoms with Crippen LogP contribution in [0.5, 0.6) is 0 Å². The second-order valence-electron chi connectivity index (χ2n) is 4.48. The number of aliphatic hydroxyl groups excluding tert-OH is 1. The molecule has 0 spiro atoms. The van der Waals surface area contributed by atoms with Gasteiger partial charge >= 0.3 is 0 Å². The Morgan fingerprint density at radius 2 is 2.31 bits per heavy atom. The first-order valence-corrected chi connectivity index (χ1v) is 6.15. The van der Waals surface area contributed by atoms with E-state index in [2.05, 4.69) is 0 Å². The Labute approximate surface area is 97.6 Å². The lowest BCUT2D eigenvalue weighted by Crippen LogP contribution is -2.41. The molecule has 0 aromatic rings. The summed E-state index contributed by atoms with van der Waals surface area (Å²) in [7, 11) is 1.71. The predicted octanol–water partition coefficient (Wildman–Crippen LogP) is 1.03. The van der Waals surface area contributed by atoms with Gasteiger partial charge in [-0.3, -0.25) is 4.79 Å². The molecule has 4 heteroatoms. The van der Waals surface area contributed by atoms with Gasteiger partial charge in [0.1, 0.15) is 0 Å². The highest BCUT2D eigenvalue weighted by atomic mass is 16.5. The SMILES string of the molecule is COCC1CCCN(C(=O)CCCCO)C1. The zero-order chi connectivity index (χ0) is 11.8. The van der Waals surface area contributed by atoms with E-state index in [-0.39, 0.29) is 12.5 Å². The van der Waals surface area contributed by atoms with Crippen molar-refractivity contribution in [2.24, 2.45) is 5.92 Å². The van der Waals surface area contributed by atoms with Crippen molar-refractivity contribution in [3.63, 3.8) is 0 Å². The quantitative estimate of drug-likeness (QED) is 0.692. The van der Waals surface area contributed by atoms with Gasteiger partial charge in [-0.15, -0.1) is 0 Å². The summed E-state index contributed by atoms with van der Waals surface area (Å²) in [6, 6.07) is 0. The maximum absolute atomic E-state index is 11.8. The van der Waals surface area contributed by atoms with Gasteiger partial charge in [0.05, 0.1) is 6.61 Å². The van der Waals surface area contributed by atoms with E-state index in [4.69, 9.17) is 9.84 Å². The van der Waals surface area contributed by atoms with Gasteiger partial charge in [0.25, 0.3) is 0 Å². The molecule has 0 radical (unpaired) electrons. The van der Waals surface area contributed by atoms with Crippen LogP contribution >= 0.6 is 0 Å². The molecular weight excluding hydrogens is 206 g/mol. The number of rotatable bonds is 6. The highest BCUT2D eigenvalue weighted by Gasteiger charge is 2.22. The Kier molecular flexibility index (Phi) is 6.42. The largest absolute Gasteiger partial charge is 0.396 e. The number of methoxy groups -OCH3 is 1. The first kappa shape index (κ1) is 13.5. The highest BCUT2D eigenvalue weighted by Crippen LogP contribution is 2.17. The molecule has 1 amide bonds. The van der Waals surface area contributed by atoms with Crippen molar-refractivity contribution in [3.8, 4) is 0 Å². The fourth-order valence-electron chi connectivity index (χ4n) is 2.21. The maximum Gasteiger partial charge on any atom is 0.222 e. The third kappa shape index (κ3) is 4.49. The van der Waals surface area contributed by atoms with Crippen LogP contribution in [0.4, 0.5) is 0 Å². The summed E-state index contributed by atoms with van der Waals surface area (Å²) in [4.78, 5) is 13.8. The molecule has 0 aliphatic carbocycles. The topological polar surface area (TPSA) is 49.8 Å². The van der Waals surface area contributed by atoms with Gasteiger partial charge in [-0.1, -0.05) is 0 Å². The molecule has 1 aliphatic heterocycles. The molecule has 1 saturated heterocycles. The van der Waals surface area contributed by atoms with Crippen LogP contribution < -0.4 is 0 Å². The van der Waals surface area contributed by atoms with E-state index in [1.807, 2.05) is 4.90 Å². The predicted molar refractivity (Wildman–Crippen MR) is 62.1 cm³/mol. The van der Waals surface area contributed by atoms with Gasteiger partial charge in [-0.2, -0.15) is 0 Å². The van der Waals surface area contributed by atoms with Crippen molar-refractivity contribution in [1.82, 2.24) is 4.90 Å². The molecule has 0 aromatic carbocycles. The van der Waals surface area contributed by atoms with Crippen LogP contribution in [-0.4, -0.2) is 49.3 Å². The Morgan fingerprint density at radius 3 is 3.00 bits per heavy atom. The summed E-state index contributed by atoms with van der Waals surface area (Å²) >= 11 is 0. The number of nitrogens with zero attached hydrogens (tertiary/aromatic N) is 1. The van der Waals surface area contributed by atoms with Gasteiger partial charge in [0.2, 0.25) is 5.91 Å². The fraction of sp³-hybridized carbons (Fsp3) is 0.917. The molecule has 4 nitrogen and oxygen atoms in total. The van der Waals surface area contributed by atoms with E-state index in [9.17, 15) is 4.79 Å². The molecule has 1 N–H and O–H groups in total. The third-order valence-electron chi connectivity index (χ3n) is 3.07. The summed E-state index contributed by atoms with van der Waals surface area (Å²) < 4.78 is 5.14. The Hall–Kier alpha value is -0.610. The van der Waals surface area contributed by atoms with Crippen LogP contribution in [0.15, 0.2) is 0 Å². The summed E-state index contributed by atoms with van der Waals surface area (Å²) in [6.45, 7) is 2.66. The Morgan fingerprint density at radius 1 is 1.50 bits per heavy atom. The number of hydrogen-bond donors (Lipinski definition) is 1. The van der Waals surface area contributed by atoms with Crippen molar-refractivity contribution in [2.45, 2.75) is 32.1 Å². The molecule has 16 heavy (non-hydrogen) atoms. The lowest BCUT2D eigenvalue weighted by Gasteiger charge is -2.32.